The van der Waals surface area contributed by atoms with Gasteiger partial charge in [-0.1, -0.05) is 45.0 Å². The number of nitrogens with one attached hydrogen (secondary N) is 1. The third kappa shape index (κ3) is 3.77. The Bertz CT molecular complexity index is 538. The first-order valence-electron chi connectivity index (χ1n) is 9.08. The number of amides is 1. The van der Waals surface area contributed by atoms with E-state index >= 15 is 0 Å². The molecule has 2 fully saturated rings. The van der Waals surface area contributed by atoms with Crippen LogP contribution >= 0.6 is 0 Å². The Kier molecular flexibility index (Phi) is 4.77. The summed E-state index contributed by atoms with van der Waals surface area (Å²) in [7, 11) is 0. The van der Waals surface area contributed by atoms with Gasteiger partial charge < -0.3 is 10.2 Å². The van der Waals surface area contributed by atoms with E-state index in [-0.39, 0.29) is 11.5 Å². The molecule has 3 nitrogen and oxygen atoms in total. The Balaban J connectivity index is 1.69. The van der Waals surface area contributed by atoms with Gasteiger partial charge in [0.1, 0.15) is 0 Å². The van der Waals surface area contributed by atoms with Crippen molar-refractivity contribution in [2.75, 3.05) is 13.1 Å². The van der Waals surface area contributed by atoms with Crippen molar-refractivity contribution >= 4 is 5.91 Å². The molecule has 1 N–H and O–H groups in total. The summed E-state index contributed by atoms with van der Waals surface area (Å²) in [5.74, 6) is 0.326. The van der Waals surface area contributed by atoms with Crippen LogP contribution in [0, 0.1) is 0 Å². The molecule has 0 aliphatic carbocycles. The van der Waals surface area contributed by atoms with Crippen LogP contribution in [0.25, 0.3) is 0 Å². The first-order chi connectivity index (χ1) is 10.9. The first-order valence-corrected chi connectivity index (χ1v) is 9.08. The zero-order chi connectivity index (χ0) is 16.4. The molecule has 2 unspecified atom stereocenters. The molecule has 0 spiro atoms. The molecule has 3 rings (SSSR count). The molecule has 2 heterocycles. The summed E-state index contributed by atoms with van der Waals surface area (Å²) in [5, 5.41) is 3.44. The number of likely N-dealkylation sites (tertiary alicyclic amines) is 1. The zero-order valence-electron chi connectivity index (χ0n) is 14.8. The van der Waals surface area contributed by atoms with Gasteiger partial charge in [-0.2, -0.15) is 0 Å². The molecule has 3 heteroatoms. The fourth-order valence-electron chi connectivity index (χ4n) is 3.88. The highest BCUT2D eigenvalue weighted by Gasteiger charge is 2.31. The van der Waals surface area contributed by atoms with E-state index in [0.29, 0.717) is 18.4 Å². The van der Waals surface area contributed by atoms with Gasteiger partial charge in [-0.15, -0.1) is 0 Å². The highest BCUT2D eigenvalue weighted by atomic mass is 16.2. The van der Waals surface area contributed by atoms with Crippen molar-refractivity contribution in [1.82, 2.24) is 10.2 Å². The molecule has 23 heavy (non-hydrogen) atoms. The van der Waals surface area contributed by atoms with Crippen LogP contribution in [0.1, 0.15) is 70.0 Å². The van der Waals surface area contributed by atoms with Gasteiger partial charge in [-0.05, 0) is 48.8 Å². The Morgan fingerprint density at radius 1 is 1.17 bits per heavy atom. The van der Waals surface area contributed by atoms with Gasteiger partial charge in [0, 0.05) is 19.0 Å². The molecule has 0 bridgehead atoms. The van der Waals surface area contributed by atoms with Gasteiger partial charge in [0.15, 0.2) is 0 Å². The van der Waals surface area contributed by atoms with Crippen molar-refractivity contribution in [2.24, 2.45) is 0 Å². The SMILES string of the molecule is CC(C)(C)c1ccc(C2CCCN2C(=O)CC2CCCN2)cc1. The molecule has 1 aromatic rings. The van der Waals surface area contributed by atoms with Gasteiger partial charge in [0.25, 0.3) is 0 Å². The topological polar surface area (TPSA) is 32.3 Å². The fourth-order valence-corrected chi connectivity index (χ4v) is 3.88. The number of rotatable bonds is 3. The number of hydrogen-bond acceptors (Lipinski definition) is 2. The van der Waals surface area contributed by atoms with E-state index in [1.807, 2.05) is 0 Å². The predicted molar refractivity (Wildman–Crippen MR) is 94.5 cm³/mol. The smallest absolute Gasteiger partial charge is 0.224 e. The minimum absolute atomic E-state index is 0.178. The molecule has 126 valence electrons. The Labute approximate surface area is 140 Å². The molecule has 0 aromatic heterocycles. The molecular weight excluding hydrogens is 284 g/mol. The van der Waals surface area contributed by atoms with E-state index in [2.05, 4.69) is 55.3 Å². The van der Waals surface area contributed by atoms with E-state index < -0.39 is 0 Å². The second-order valence-electron chi connectivity index (χ2n) is 8.11. The molecule has 2 atom stereocenters. The number of carbonyl (C=O) groups excluding carboxylic acids is 1. The summed E-state index contributed by atoms with van der Waals surface area (Å²) in [4.78, 5) is 14.8. The van der Waals surface area contributed by atoms with E-state index in [1.54, 1.807) is 0 Å². The van der Waals surface area contributed by atoms with Crippen molar-refractivity contribution in [2.45, 2.75) is 70.4 Å². The van der Waals surface area contributed by atoms with Crippen LogP contribution in [0.3, 0.4) is 0 Å². The second kappa shape index (κ2) is 6.64. The van der Waals surface area contributed by atoms with Crippen molar-refractivity contribution < 1.29 is 4.79 Å². The van der Waals surface area contributed by atoms with E-state index in [1.165, 1.54) is 17.5 Å². The second-order valence-corrected chi connectivity index (χ2v) is 8.11. The normalized spacial score (nSPS) is 25.1. The third-order valence-electron chi connectivity index (χ3n) is 5.32. The average Bonchev–Trinajstić information content (AvgIpc) is 3.17. The summed E-state index contributed by atoms with van der Waals surface area (Å²) in [6.07, 6.45) is 5.23. The third-order valence-corrected chi connectivity index (χ3v) is 5.32. The lowest BCUT2D eigenvalue weighted by Crippen LogP contribution is -2.35. The van der Waals surface area contributed by atoms with Crippen LogP contribution in [0.2, 0.25) is 0 Å². The largest absolute Gasteiger partial charge is 0.336 e. The number of benzene rings is 1. The van der Waals surface area contributed by atoms with Crippen LogP contribution < -0.4 is 5.32 Å². The molecule has 2 saturated heterocycles. The minimum Gasteiger partial charge on any atom is -0.336 e. The van der Waals surface area contributed by atoms with Gasteiger partial charge in [-0.3, -0.25) is 4.79 Å². The molecule has 0 radical (unpaired) electrons. The van der Waals surface area contributed by atoms with Crippen LogP contribution in [-0.2, 0) is 10.2 Å². The van der Waals surface area contributed by atoms with Crippen molar-refractivity contribution in [1.29, 1.82) is 0 Å². The highest BCUT2D eigenvalue weighted by molar-refractivity contribution is 5.77. The van der Waals surface area contributed by atoms with Crippen LogP contribution in [-0.4, -0.2) is 29.9 Å². The van der Waals surface area contributed by atoms with E-state index in [0.717, 1.165) is 32.4 Å². The number of hydrogen-bond donors (Lipinski definition) is 1. The maximum atomic E-state index is 12.7. The summed E-state index contributed by atoms with van der Waals surface area (Å²) in [5.41, 5.74) is 2.83. The molecule has 1 aromatic carbocycles. The Hall–Kier alpha value is -1.35. The first kappa shape index (κ1) is 16.5. The maximum absolute atomic E-state index is 12.7. The van der Waals surface area contributed by atoms with E-state index in [4.69, 9.17) is 0 Å². The maximum Gasteiger partial charge on any atom is 0.224 e. The lowest BCUT2D eigenvalue weighted by atomic mass is 9.86. The molecule has 1 amide bonds. The van der Waals surface area contributed by atoms with Gasteiger partial charge in [0.05, 0.1) is 6.04 Å². The summed E-state index contributed by atoms with van der Waals surface area (Å²) in [6.45, 7) is 8.69. The predicted octanol–water partition coefficient (Wildman–Crippen LogP) is 3.79. The molecule has 2 aliphatic heterocycles. The lowest BCUT2D eigenvalue weighted by Gasteiger charge is -2.27. The monoisotopic (exact) mass is 314 g/mol. The van der Waals surface area contributed by atoms with Crippen molar-refractivity contribution in [3.05, 3.63) is 35.4 Å². The van der Waals surface area contributed by atoms with Gasteiger partial charge in [-0.25, -0.2) is 0 Å². The Morgan fingerprint density at radius 2 is 1.91 bits per heavy atom. The summed E-state index contributed by atoms with van der Waals surface area (Å²) in [6, 6.07) is 9.59. The van der Waals surface area contributed by atoms with Crippen molar-refractivity contribution in [3.8, 4) is 0 Å². The van der Waals surface area contributed by atoms with Crippen molar-refractivity contribution in [3.63, 3.8) is 0 Å². The number of nitrogens with zero attached hydrogens (tertiary/aromatic N) is 1. The van der Waals surface area contributed by atoms with Crippen LogP contribution in [0.15, 0.2) is 24.3 Å². The number of carbonyl (C=O) groups is 1. The minimum atomic E-state index is 0.178. The quantitative estimate of drug-likeness (QED) is 0.920. The molecular formula is C20H30N2O. The molecule has 2 aliphatic rings. The average molecular weight is 314 g/mol. The van der Waals surface area contributed by atoms with Gasteiger partial charge in [0.2, 0.25) is 5.91 Å². The highest BCUT2D eigenvalue weighted by Crippen LogP contribution is 2.34. The lowest BCUT2D eigenvalue weighted by molar-refractivity contribution is -0.132. The zero-order valence-corrected chi connectivity index (χ0v) is 14.8. The summed E-state index contributed by atoms with van der Waals surface area (Å²) >= 11 is 0. The van der Waals surface area contributed by atoms with Crippen LogP contribution in [0.4, 0.5) is 0 Å². The fraction of sp³-hybridized carbons (Fsp3) is 0.650. The molecule has 0 saturated carbocycles. The van der Waals surface area contributed by atoms with Gasteiger partial charge >= 0.3 is 0 Å². The standard InChI is InChI=1S/C20H30N2O/c1-20(2,3)16-10-8-15(9-11-16)18-7-5-13-22(18)19(23)14-17-6-4-12-21-17/h8-11,17-18,21H,4-7,12-14H2,1-3H3. The van der Waals surface area contributed by atoms with E-state index in [9.17, 15) is 4.79 Å². The van der Waals surface area contributed by atoms with Crippen LogP contribution in [0.5, 0.6) is 0 Å². The Morgan fingerprint density at radius 3 is 2.52 bits per heavy atom. The summed E-state index contributed by atoms with van der Waals surface area (Å²) < 4.78 is 0.